The first kappa shape index (κ1) is 24.9. The van der Waals surface area contributed by atoms with Crippen molar-refractivity contribution in [1.82, 2.24) is 15.3 Å². The van der Waals surface area contributed by atoms with E-state index in [0.717, 1.165) is 61.0 Å². The van der Waals surface area contributed by atoms with Crippen LogP contribution in [0.2, 0.25) is 10.0 Å². The molecule has 2 bridgehead atoms. The number of hydrogen-bond acceptors (Lipinski definition) is 7. The Labute approximate surface area is 235 Å². The van der Waals surface area contributed by atoms with Crippen LogP contribution in [0.15, 0.2) is 50.2 Å². The average Bonchev–Trinajstić information content (AvgIpc) is 3.44. The number of aromatic amines is 1. The van der Waals surface area contributed by atoms with Gasteiger partial charge in [0.15, 0.2) is 5.82 Å². The number of rotatable bonds is 7. The van der Waals surface area contributed by atoms with E-state index in [4.69, 9.17) is 32.5 Å². The Bertz CT molecular complexity index is 1560. The highest BCUT2D eigenvalue weighted by Gasteiger charge is 2.42. The van der Waals surface area contributed by atoms with E-state index in [9.17, 15) is 4.79 Å². The van der Waals surface area contributed by atoms with Gasteiger partial charge in [-0.2, -0.15) is 0 Å². The maximum absolute atomic E-state index is 11.4. The fraction of sp³-hybridized carbons (Fsp3) is 0.414. The monoisotopic (exact) mass is 566 g/mol. The molecule has 39 heavy (non-hydrogen) atoms. The number of piperidine rings is 1. The Morgan fingerprint density at radius 3 is 2.41 bits per heavy atom. The molecule has 202 valence electrons. The van der Waals surface area contributed by atoms with Crippen LogP contribution in [-0.2, 0) is 11.3 Å². The van der Waals surface area contributed by atoms with E-state index in [1.54, 1.807) is 0 Å². The van der Waals surface area contributed by atoms with Gasteiger partial charge in [0.05, 0.1) is 22.8 Å². The highest BCUT2D eigenvalue weighted by atomic mass is 35.5. The van der Waals surface area contributed by atoms with Gasteiger partial charge < -0.3 is 14.2 Å². The molecule has 10 heteroatoms. The first-order chi connectivity index (χ1) is 19.0. The molecule has 2 aliphatic heterocycles. The molecule has 0 amide bonds. The van der Waals surface area contributed by atoms with Crippen molar-refractivity contribution in [3.05, 3.63) is 73.9 Å². The number of fused-ring (bicyclic) bond motifs is 2. The summed E-state index contributed by atoms with van der Waals surface area (Å²) in [7, 11) is 0. The second kappa shape index (κ2) is 9.84. The van der Waals surface area contributed by atoms with Crippen LogP contribution in [0.5, 0.6) is 0 Å². The lowest BCUT2D eigenvalue weighted by Crippen LogP contribution is -2.45. The summed E-state index contributed by atoms with van der Waals surface area (Å²) in [5, 5.41) is 9.36. The number of ether oxygens (including phenoxy) is 1. The Morgan fingerprint density at radius 1 is 1.03 bits per heavy atom. The van der Waals surface area contributed by atoms with Crippen molar-refractivity contribution in [1.29, 1.82) is 0 Å². The van der Waals surface area contributed by atoms with Gasteiger partial charge in [-0.05, 0) is 81.3 Å². The highest BCUT2D eigenvalue weighted by Crippen LogP contribution is 2.47. The summed E-state index contributed by atoms with van der Waals surface area (Å²) in [4.78, 5) is 16.6. The molecule has 0 spiro atoms. The molecule has 4 aromatic rings. The summed E-state index contributed by atoms with van der Waals surface area (Å²) >= 11 is 13.1. The van der Waals surface area contributed by atoms with Crippen molar-refractivity contribution in [2.24, 2.45) is 0 Å². The van der Waals surface area contributed by atoms with Gasteiger partial charge in [-0.1, -0.05) is 39.6 Å². The summed E-state index contributed by atoms with van der Waals surface area (Å²) < 4.78 is 17.1. The SMILES string of the molecule is Cc1cc(N2[C@@H]3CC[C@H]2C[C@@H](OCc2c(-c4c(Cl)cccc4Cl)noc2C2CC2)C3)ccc1-c1noc(=O)[nH]1. The summed E-state index contributed by atoms with van der Waals surface area (Å²) in [5.41, 5.74) is 5.47. The van der Waals surface area contributed by atoms with Crippen LogP contribution in [0.4, 0.5) is 5.69 Å². The number of anilines is 1. The largest absolute Gasteiger partial charge is 0.439 e. The zero-order valence-corrected chi connectivity index (χ0v) is 23.0. The summed E-state index contributed by atoms with van der Waals surface area (Å²) in [5.74, 6) is 1.21. The average molecular weight is 567 g/mol. The van der Waals surface area contributed by atoms with Gasteiger partial charge in [-0.3, -0.25) is 9.51 Å². The lowest BCUT2D eigenvalue weighted by molar-refractivity contribution is 0.0147. The van der Waals surface area contributed by atoms with Crippen LogP contribution in [0.1, 0.15) is 61.3 Å². The Kier molecular flexibility index (Phi) is 6.29. The number of hydrogen-bond donors (Lipinski definition) is 1. The van der Waals surface area contributed by atoms with Gasteiger partial charge in [0.1, 0.15) is 11.5 Å². The minimum Gasteiger partial charge on any atom is -0.373 e. The lowest BCUT2D eigenvalue weighted by atomic mass is 9.97. The number of nitrogens with zero attached hydrogens (tertiary/aromatic N) is 3. The topological polar surface area (TPSA) is 97.4 Å². The second-order valence-electron chi connectivity index (χ2n) is 10.9. The molecule has 1 N–H and O–H groups in total. The molecule has 0 radical (unpaired) electrons. The maximum Gasteiger partial charge on any atom is 0.439 e. The molecule has 3 aliphatic rings. The van der Waals surface area contributed by atoms with Crippen molar-refractivity contribution >= 4 is 28.9 Å². The fourth-order valence-corrected chi connectivity index (χ4v) is 6.93. The molecule has 1 aliphatic carbocycles. The number of aromatic nitrogens is 3. The lowest BCUT2D eigenvalue weighted by Gasteiger charge is -2.40. The van der Waals surface area contributed by atoms with Gasteiger partial charge >= 0.3 is 5.76 Å². The minimum atomic E-state index is -0.550. The van der Waals surface area contributed by atoms with Gasteiger partial charge in [-0.15, -0.1) is 0 Å². The van der Waals surface area contributed by atoms with Crippen LogP contribution in [0.25, 0.3) is 22.6 Å². The summed E-state index contributed by atoms with van der Waals surface area (Å²) in [6.07, 6.45) is 6.55. The molecule has 2 aromatic heterocycles. The van der Waals surface area contributed by atoms with Gasteiger partial charge in [0.25, 0.3) is 0 Å². The first-order valence-corrected chi connectivity index (χ1v) is 14.2. The zero-order chi connectivity index (χ0) is 26.7. The molecule has 2 aromatic carbocycles. The van der Waals surface area contributed by atoms with Crippen molar-refractivity contribution in [2.75, 3.05) is 4.90 Å². The molecule has 8 nitrogen and oxygen atoms in total. The molecule has 2 saturated heterocycles. The van der Waals surface area contributed by atoms with E-state index < -0.39 is 5.76 Å². The van der Waals surface area contributed by atoms with Crippen molar-refractivity contribution in [3.63, 3.8) is 0 Å². The fourth-order valence-electron chi connectivity index (χ4n) is 6.35. The van der Waals surface area contributed by atoms with E-state index in [1.807, 2.05) is 31.2 Å². The van der Waals surface area contributed by atoms with E-state index in [-0.39, 0.29) is 6.10 Å². The van der Waals surface area contributed by atoms with Crippen molar-refractivity contribution < 1.29 is 13.8 Å². The first-order valence-electron chi connectivity index (χ1n) is 13.5. The molecular formula is C29H28Cl2N4O4. The van der Waals surface area contributed by atoms with E-state index >= 15 is 0 Å². The maximum atomic E-state index is 11.4. The van der Waals surface area contributed by atoms with Gasteiger partial charge in [0.2, 0.25) is 0 Å². The molecular weight excluding hydrogens is 539 g/mol. The third-order valence-electron chi connectivity index (χ3n) is 8.32. The zero-order valence-electron chi connectivity index (χ0n) is 21.5. The number of benzene rings is 2. The highest BCUT2D eigenvalue weighted by molar-refractivity contribution is 6.39. The van der Waals surface area contributed by atoms with E-state index in [1.165, 1.54) is 5.69 Å². The summed E-state index contributed by atoms with van der Waals surface area (Å²) in [6.45, 7) is 2.46. The van der Waals surface area contributed by atoms with Gasteiger partial charge in [0, 0.05) is 40.4 Å². The molecule has 7 rings (SSSR count). The molecule has 4 heterocycles. The number of nitrogens with one attached hydrogen (secondary N) is 1. The van der Waals surface area contributed by atoms with Crippen molar-refractivity contribution in [2.45, 2.75) is 76.2 Å². The Morgan fingerprint density at radius 2 is 1.77 bits per heavy atom. The summed E-state index contributed by atoms with van der Waals surface area (Å²) in [6, 6.07) is 12.6. The van der Waals surface area contributed by atoms with Gasteiger partial charge in [-0.25, -0.2) is 4.79 Å². The number of aryl methyl sites for hydroxylation is 1. The normalized spacial score (nSPS) is 22.5. The molecule has 3 fully saturated rings. The third-order valence-corrected chi connectivity index (χ3v) is 8.95. The number of halogens is 2. The van der Waals surface area contributed by atoms with Crippen LogP contribution in [-0.4, -0.2) is 33.5 Å². The van der Waals surface area contributed by atoms with E-state index in [2.05, 4.69) is 36.9 Å². The predicted octanol–water partition coefficient (Wildman–Crippen LogP) is 6.89. The smallest absolute Gasteiger partial charge is 0.373 e. The van der Waals surface area contributed by atoms with Crippen LogP contribution >= 0.6 is 23.2 Å². The molecule has 0 unspecified atom stereocenters. The minimum absolute atomic E-state index is 0.149. The van der Waals surface area contributed by atoms with E-state index in [0.29, 0.717) is 51.7 Å². The van der Waals surface area contributed by atoms with Crippen LogP contribution in [0.3, 0.4) is 0 Å². The van der Waals surface area contributed by atoms with Crippen LogP contribution < -0.4 is 10.7 Å². The predicted molar refractivity (Wildman–Crippen MR) is 148 cm³/mol. The third kappa shape index (κ3) is 4.58. The van der Waals surface area contributed by atoms with Crippen LogP contribution in [0, 0.1) is 6.92 Å². The standard InChI is InChI=1S/C29H28Cl2N4O4/c1-15-11-17(9-10-21(15)28-32-29(36)39-34-28)35-18-7-8-19(35)13-20(12-18)37-14-22-26(33-38-27(22)16-5-6-16)25-23(30)3-2-4-24(25)31/h2-4,9-11,16,18-20H,5-8,12-14H2,1H3,(H,32,34,36)/t18-,19+,20+. The van der Waals surface area contributed by atoms with Crippen molar-refractivity contribution in [3.8, 4) is 22.6 Å². The Hall–Kier alpha value is -3.07. The Balaban J connectivity index is 1.08. The second-order valence-corrected chi connectivity index (χ2v) is 11.7. The quantitative estimate of drug-likeness (QED) is 0.260. The molecule has 3 atom stereocenters. The number of H-pyrrole nitrogens is 1. The molecule has 1 saturated carbocycles.